The highest BCUT2D eigenvalue weighted by Crippen LogP contribution is 2.24. The Morgan fingerprint density at radius 3 is 2.75 bits per heavy atom. The van der Waals surface area contributed by atoms with Crippen LogP contribution in [0.15, 0.2) is 45.8 Å². The van der Waals surface area contributed by atoms with Crippen LogP contribution in [0.4, 0.5) is 10.1 Å². The average molecular weight is 353 g/mol. The highest BCUT2D eigenvalue weighted by Gasteiger charge is 2.11. The largest absolute Gasteiger partial charge is 0.398 e. The lowest BCUT2D eigenvalue weighted by Gasteiger charge is -2.07. The summed E-state index contributed by atoms with van der Waals surface area (Å²) in [7, 11) is -1.36. The van der Waals surface area contributed by atoms with Gasteiger partial charge in [-0.15, -0.1) is 0 Å². The summed E-state index contributed by atoms with van der Waals surface area (Å²) in [5, 5.41) is 8.78. The first-order valence-electron chi connectivity index (χ1n) is 5.63. The maximum absolute atomic E-state index is 13.2. The minimum absolute atomic E-state index is 0.0540. The Hall–Kier alpha value is -1.71. The van der Waals surface area contributed by atoms with Gasteiger partial charge in [-0.3, -0.25) is 4.21 Å². The fourth-order valence-electron chi connectivity index (χ4n) is 1.68. The summed E-state index contributed by atoms with van der Waals surface area (Å²) in [4.78, 5) is 0.516. The molecule has 3 nitrogen and oxygen atoms in total. The average Bonchev–Trinajstić information content (AvgIpc) is 2.43. The lowest BCUT2D eigenvalue weighted by atomic mass is 10.1. The molecule has 2 aromatic rings. The van der Waals surface area contributed by atoms with Gasteiger partial charge in [-0.1, -0.05) is 22.0 Å². The van der Waals surface area contributed by atoms with E-state index in [1.54, 1.807) is 24.3 Å². The van der Waals surface area contributed by atoms with E-state index in [4.69, 9.17) is 11.0 Å². The van der Waals surface area contributed by atoms with Crippen molar-refractivity contribution < 1.29 is 8.60 Å². The lowest BCUT2D eigenvalue weighted by molar-refractivity contribution is 0.623. The number of benzene rings is 2. The minimum Gasteiger partial charge on any atom is -0.398 e. The van der Waals surface area contributed by atoms with Crippen LogP contribution in [-0.2, 0) is 16.6 Å². The molecule has 0 aliphatic carbocycles. The van der Waals surface area contributed by atoms with Gasteiger partial charge in [-0.05, 0) is 35.9 Å². The number of nitriles is 1. The molecule has 0 spiro atoms. The Morgan fingerprint density at radius 1 is 1.30 bits per heavy atom. The van der Waals surface area contributed by atoms with Crippen molar-refractivity contribution in [3.8, 4) is 6.07 Å². The molecule has 2 aromatic carbocycles. The van der Waals surface area contributed by atoms with Gasteiger partial charge in [0.2, 0.25) is 0 Å². The van der Waals surface area contributed by atoms with Crippen LogP contribution >= 0.6 is 15.9 Å². The quantitative estimate of drug-likeness (QED) is 0.861. The number of rotatable bonds is 3. The molecule has 0 saturated heterocycles. The first kappa shape index (κ1) is 14.7. The van der Waals surface area contributed by atoms with Gasteiger partial charge in [0.25, 0.3) is 0 Å². The topological polar surface area (TPSA) is 66.9 Å². The molecule has 0 radical (unpaired) electrons. The summed E-state index contributed by atoms with van der Waals surface area (Å²) in [5.41, 5.74) is 6.81. The molecule has 20 heavy (non-hydrogen) atoms. The van der Waals surface area contributed by atoms with Crippen molar-refractivity contribution in [1.29, 1.82) is 5.26 Å². The van der Waals surface area contributed by atoms with E-state index in [2.05, 4.69) is 15.9 Å². The minimum atomic E-state index is -1.36. The van der Waals surface area contributed by atoms with E-state index in [0.717, 1.165) is 4.47 Å². The lowest BCUT2D eigenvalue weighted by Crippen LogP contribution is -2.01. The smallest absolute Gasteiger partial charge is 0.140 e. The second-order valence-corrected chi connectivity index (χ2v) is 6.43. The number of halogens is 2. The highest BCUT2D eigenvalue weighted by atomic mass is 79.9. The third-order valence-electron chi connectivity index (χ3n) is 2.67. The van der Waals surface area contributed by atoms with Gasteiger partial charge in [-0.2, -0.15) is 5.26 Å². The molecule has 0 aromatic heterocycles. The monoisotopic (exact) mass is 352 g/mol. The van der Waals surface area contributed by atoms with E-state index < -0.39 is 16.6 Å². The molecule has 0 heterocycles. The molecule has 0 aliphatic heterocycles. The molecule has 102 valence electrons. The number of hydrogen-bond acceptors (Lipinski definition) is 3. The summed E-state index contributed by atoms with van der Waals surface area (Å²) in [6.45, 7) is 0. The van der Waals surface area contributed by atoms with E-state index in [1.165, 1.54) is 18.2 Å². The molecule has 1 atom stereocenters. The van der Waals surface area contributed by atoms with Crippen molar-refractivity contribution in [1.82, 2.24) is 0 Å². The molecule has 1 unspecified atom stereocenters. The van der Waals surface area contributed by atoms with Crippen molar-refractivity contribution >= 4 is 32.4 Å². The van der Waals surface area contributed by atoms with Gasteiger partial charge in [0.15, 0.2) is 0 Å². The Bertz CT molecular complexity index is 728. The summed E-state index contributed by atoms with van der Waals surface area (Å²) in [6.07, 6.45) is 0. The highest BCUT2D eigenvalue weighted by molar-refractivity contribution is 9.10. The second-order valence-electron chi connectivity index (χ2n) is 4.10. The Balaban J connectivity index is 2.28. The third kappa shape index (κ3) is 3.24. The molecule has 6 heteroatoms. The van der Waals surface area contributed by atoms with Crippen LogP contribution in [-0.4, -0.2) is 4.21 Å². The molecule has 0 aliphatic rings. The van der Waals surface area contributed by atoms with E-state index in [9.17, 15) is 8.60 Å². The Labute approximate surface area is 126 Å². The van der Waals surface area contributed by atoms with Crippen molar-refractivity contribution in [3.05, 3.63) is 57.8 Å². The fraction of sp³-hybridized carbons (Fsp3) is 0.0714. The van der Waals surface area contributed by atoms with Gasteiger partial charge in [0.05, 0.1) is 27.0 Å². The Kier molecular flexibility index (Phi) is 4.53. The summed E-state index contributed by atoms with van der Waals surface area (Å²) in [6, 6.07) is 11.0. The molecule has 0 fully saturated rings. The molecule has 2 N–H and O–H groups in total. The van der Waals surface area contributed by atoms with Gasteiger partial charge in [0.1, 0.15) is 11.9 Å². The normalized spacial score (nSPS) is 11.8. The predicted molar refractivity (Wildman–Crippen MR) is 79.8 cm³/mol. The summed E-state index contributed by atoms with van der Waals surface area (Å²) >= 11 is 3.30. The fourth-order valence-corrected chi connectivity index (χ4v) is 3.42. The van der Waals surface area contributed by atoms with E-state index in [0.29, 0.717) is 16.1 Å². The molecule has 2 rings (SSSR count). The number of nitrogen functional groups attached to an aromatic ring is 1. The number of nitrogens with two attached hydrogens (primary N) is 1. The van der Waals surface area contributed by atoms with E-state index in [-0.39, 0.29) is 11.3 Å². The van der Waals surface area contributed by atoms with Crippen molar-refractivity contribution in [2.45, 2.75) is 10.6 Å². The first-order chi connectivity index (χ1) is 9.51. The van der Waals surface area contributed by atoms with E-state index in [1.807, 2.05) is 0 Å². The van der Waals surface area contributed by atoms with Crippen molar-refractivity contribution in [3.63, 3.8) is 0 Å². The van der Waals surface area contributed by atoms with Crippen LogP contribution in [0.2, 0.25) is 0 Å². The van der Waals surface area contributed by atoms with Crippen LogP contribution in [0.3, 0.4) is 0 Å². The maximum Gasteiger partial charge on any atom is 0.140 e. The van der Waals surface area contributed by atoms with Crippen LogP contribution in [0, 0.1) is 17.1 Å². The van der Waals surface area contributed by atoms with Crippen LogP contribution < -0.4 is 5.73 Å². The predicted octanol–water partition coefficient (Wildman–Crippen LogP) is 3.35. The van der Waals surface area contributed by atoms with E-state index >= 15 is 0 Å². The zero-order valence-corrected chi connectivity index (χ0v) is 12.7. The van der Waals surface area contributed by atoms with Gasteiger partial charge in [0, 0.05) is 10.2 Å². The first-order valence-corrected chi connectivity index (χ1v) is 7.74. The van der Waals surface area contributed by atoms with Crippen molar-refractivity contribution in [2.75, 3.05) is 5.73 Å². The molecule has 0 bridgehead atoms. The molecular formula is C14H10BrFN2OS. The Morgan fingerprint density at radius 2 is 2.05 bits per heavy atom. The van der Waals surface area contributed by atoms with Crippen LogP contribution in [0.25, 0.3) is 0 Å². The molecule has 0 amide bonds. The standard InChI is InChI=1S/C14H10BrFN2OS/c15-11-2-4-13(18)14(6-11)20(19)8-9-1-3-12(16)10(5-9)7-17/h1-6H,8,18H2. The third-order valence-corrected chi connectivity index (χ3v) is 4.60. The van der Waals surface area contributed by atoms with Gasteiger partial charge < -0.3 is 5.73 Å². The zero-order chi connectivity index (χ0) is 14.7. The van der Waals surface area contributed by atoms with Gasteiger partial charge in [-0.25, -0.2) is 4.39 Å². The molecule has 0 saturated carbocycles. The number of anilines is 1. The summed E-state index contributed by atoms with van der Waals surface area (Å²) in [5.74, 6) is -0.403. The number of nitrogens with zero attached hydrogens (tertiary/aromatic N) is 1. The summed E-state index contributed by atoms with van der Waals surface area (Å²) < 4.78 is 26.3. The zero-order valence-electron chi connectivity index (χ0n) is 10.3. The SMILES string of the molecule is N#Cc1cc(CS(=O)c2cc(Br)ccc2N)ccc1F. The van der Waals surface area contributed by atoms with Crippen LogP contribution in [0.5, 0.6) is 0 Å². The van der Waals surface area contributed by atoms with Gasteiger partial charge >= 0.3 is 0 Å². The van der Waals surface area contributed by atoms with Crippen LogP contribution in [0.1, 0.15) is 11.1 Å². The number of hydrogen-bond donors (Lipinski definition) is 1. The molecular weight excluding hydrogens is 343 g/mol. The van der Waals surface area contributed by atoms with Crippen molar-refractivity contribution in [2.24, 2.45) is 0 Å². The maximum atomic E-state index is 13.2. The second kappa shape index (κ2) is 6.16.